The summed E-state index contributed by atoms with van der Waals surface area (Å²) >= 11 is 0. The highest BCUT2D eigenvalue weighted by molar-refractivity contribution is 5.76. The van der Waals surface area contributed by atoms with Crippen molar-refractivity contribution >= 4 is 5.97 Å². The fourth-order valence-corrected chi connectivity index (χ4v) is 2.41. The molecule has 8 heteroatoms. The molecule has 0 aromatic rings. The summed E-state index contributed by atoms with van der Waals surface area (Å²) in [6, 6.07) is -0.804. The van der Waals surface area contributed by atoms with Crippen molar-refractivity contribution in [2.75, 3.05) is 13.7 Å². The normalized spacial score (nSPS) is 36.0. The number of hydrogen-bond acceptors (Lipinski definition) is 7. The molecule has 130 valence electrons. The molecule has 5 N–H and O–H groups in total. The zero-order valence-corrected chi connectivity index (χ0v) is 13.1. The minimum atomic E-state index is -2.11. The summed E-state index contributed by atoms with van der Waals surface area (Å²) in [4.78, 5) is 11.7. The lowest BCUT2D eigenvalue weighted by molar-refractivity contribution is -0.312. The molecule has 0 aromatic carbocycles. The van der Waals surface area contributed by atoms with E-state index in [0.29, 0.717) is 0 Å². The summed E-state index contributed by atoms with van der Waals surface area (Å²) < 4.78 is 18.1. The Balaban J connectivity index is 3.08. The van der Waals surface area contributed by atoms with E-state index in [1.54, 1.807) is 0 Å². The quantitative estimate of drug-likeness (QED) is 0.400. The Labute approximate surface area is 131 Å². The Hall–Kier alpha value is -0.770. The van der Waals surface area contributed by atoms with Gasteiger partial charge in [-0.1, -0.05) is 13.8 Å². The van der Waals surface area contributed by atoms with E-state index in [1.807, 2.05) is 13.8 Å². The van der Waals surface area contributed by atoms with Crippen molar-refractivity contribution in [3.63, 3.8) is 0 Å². The molecule has 1 heterocycles. The molecule has 0 saturated carbocycles. The smallest absolute Gasteiger partial charge is 0.364 e. The molecule has 8 nitrogen and oxygen atoms in total. The van der Waals surface area contributed by atoms with Crippen LogP contribution in [0.5, 0.6) is 0 Å². The average molecular weight is 322 g/mol. The predicted octanol–water partition coefficient (Wildman–Crippen LogP) is -1.08. The van der Waals surface area contributed by atoms with Crippen molar-refractivity contribution in [1.29, 1.82) is 0 Å². The van der Waals surface area contributed by atoms with Crippen LogP contribution in [0.25, 0.3) is 0 Å². The summed E-state index contributed by atoms with van der Waals surface area (Å²) in [5.74, 6) is -3.48. The van der Waals surface area contributed by atoms with Gasteiger partial charge in [0, 0.05) is 7.79 Å². The maximum atomic E-state index is 11.7. The first-order valence-corrected chi connectivity index (χ1v) is 7.24. The van der Waals surface area contributed by atoms with Gasteiger partial charge in [0.25, 0.3) is 5.79 Å². The molecule has 0 spiro atoms. The van der Waals surface area contributed by atoms with E-state index in [2.05, 4.69) is 5.32 Å². The third-order valence-corrected chi connectivity index (χ3v) is 3.61. The molecule has 1 aliphatic heterocycles. The van der Waals surface area contributed by atoms with Gasteiger partial charge in [0.05, 0.1) is 24.9 Å². The number of ether oxygens (including phenoxy) is 2. The summed E-state index contributed by atoms with van der Waals surface area (Å²) in [6.45, 7) is 3.27. The van der Waals surface area contributed by atoms with Crippen LogP contribution in [-0.2, 0) is 14.3 Å². The fraction of sp³-hybridized carbons (Fsp3) is 0.929. The summed E-state index contributed by atoms with van der Waals surface area (Å²) in [5, 5.41) is 42.4. The van der Waals surface area contributed by atoms with E-state index >= 15 is 0 Å². The van der Waals surface area contributed by atoms with Gasteiger partial charge in [-0.25, -0.2) is 4.79 Å². The second kappa shape index (κ2) is 7.67. The Morgan fingerprint density at radius 2 is 2.18 bits per heavy atom. The number of carboxylic acids is 1. The number of carbonyl (C=O) groups is 1. The highest BCUT2D eigenvalue weighted by Gasteiger charge is 2.54. The number of aliphatic hydroxyl groups is 3. The maximum Gasteiger partial charge on any atom is 0.364 e. The lowest BCUT2D eigenvalue weighted by Crippen LogP contribution is -2.66. The second-order valence-electron chi connectivity index (χ2n) is 5.99. The molecule has 1 rings (SSSR count). The first-order chi connectivity index (χ1) is 10.7. The van der Waals surface area contributed by atoms with Gasteiger partial charge in [0.1, 0.15) is 12.2 Å². The molecule has 0 aromatic heterocycles. The highest BCUT2D eigenvalue weighted by Crippen LogP contribution is 2.33. The van der Waals surface area contributed by atoms with Crippen LogP contribution >= 0.6 is 0 Å². The fourth-order valence-electron chi connectivity index (χ4n) is 2.41. The number of nitrogens with one attached hydrogen (secondary N) is 1. The molecule has 0 radical (unpaired) electrons. The van der Waals surface area contributed by atoms with E-state index in [-0.39, 0.29) is 18.9 Å². The first-order valence-electron chi connectivity index (χ1n) is 7.95. The van der Waals surface area contributed by atoms with Crippen molar-refractivity contribution in [3.05, 3.63) is 0 Å². The lowest BCUT2D eigenvalue weighted by atomic mass is 9.89. The van der Waals surface area contributed by atoms with Crippen molar-refractivity contribution in [3.8, 4) is 0 Å². The van der Waals surface area contributed by atoms with E-state index in [1.165, 1.54) is 7.05 Å². The molecule has 1 saturated heterocycles. The van der Waals surface area contributed by atoms with E-state index in [0.717, 1.165) is 0 Å². The van der Waals surface area contributed by atoms with Crippen molar-refractivity contribution in [1.82, 2.24) is 5.32 Å². The minimum Gasteiger partial charge on any atom is -0.477 e. The standard InChI is InChI=1S/C14H27NO7/c1-7(2)6-21-14(13(19)20)5-9(17)10(15-4)12(22-14)11(18)8(3)16/h7-12,15-18H,5-6H2,1-4H3,(H,19,20)/i3D. The largest absolute Gasteiger partial charge is 0.477 e. The van der Waals surface area contributed by atoms with Crippen LogP contribution in [0.1, 0.15) is 28.5 Å². The van der Waals surface area contributed by atoms with Crippen LogP contribution in [0.15, 0.2) is 0 Å². The summed E-state index contributed by atoms with van der Waals surface area (Å²) in [6.07, 6.45) is -5.71. The summed E-state index contributed by atoms with van der Waals surface area (Å²) in [7, 11) is 1.52. The number of carboxylic acid groups (broad SMARTS) is 1. The van der Waals surface area contributed by atoms with Crippen LogP contribution in [0.3, 0.4) is 0 Å². The Morgan fingerprint density at radius 1 is 1.55 bits per heavy atom. The Morgan fingerprint density at radius 3 is 2.64 bits per heavy atom. The Bertz CT molecular complexity index is 397. The van der Waals surface area contributed by atoms with E-state index in [4.69, 9.17) is 10.8 Å². The number of hydrogen-bond donors (Lipinski definition) is 5. The third kappa shape index (κ3) is 4.15. The zero-order chi connectivity index (χ0) is 17.8. The number of rotatable bonds is 7. The maximum absolute atomic E-state index is 11.7. The van der Waals surface area contributed by atoms with Gasteiger partial charge in [0.2, 0.25) is 0 Å². The van der Waals surface area contributed by atoms with E-state index in [9.17, 15) is 25.2 Å². The molecule has 0 aliphatic carbocycles. The van der Waals surface area contributed by atoms with Crippen LogP contribution in [-0.4, -0.2) is 76.3 Å². The molecule has 6 atom stereocenters. The van der Waals surface area contributed by atoms with Crippen LogP contribution in [0.2, 0.25) is 0 Å². The van der Waals surface area contributed by atoms with Gasteiger partial charge in [-0.3, -0.25) is 0 Å². The van der Waals surface area contributed by atoms with Gasteiger partial charge in [-0.05, 0) is 19.9 Å². The number of aliphatic hydroxyl groups excluding tert-OH is 3. The van der Waals surface area contributed by atoms with Crippen molar-refractivity contribution < 1.29 is 36.1 Å². The number of likely N-dealkylation sites (N-methyl/N-ethyl adjacent to an activating group) is 1. The van der Waals surface area contributed by atoms with Crippen LogP contribution in [0, 0.1) is 5.92 Å². The topological polar surface area (TPSA) is 128 Å². The molecule has 1 fully saturated rings. The minimum absolute atomic E-state index is 0.0381. The molecule has 1 aliphatic rings. The zero-order valence-electron chi connectivity index (χ0n) is 14.1. The van der Waals surface area contributed by atoms with Gasteiger partial charge in [-0.2, -0.15) is 0 Å². The molecule has 22 heavy (non-hydrogen) atoms. The van der Waals surface area contributed by atoms with Gasteiger partial charge >= 0.3 is 5.97 Å². The number of aliphatic carboxylic acids is 1. The van der Waals surface area contributed by atoms with Gasteiger partial charge in [-0.15, -0.1) is 0 Å². The van der Waals surface area contributed by atoms with Crippen molar-refractivity contribution in [2.24, 2.45) is 5.92 Å². The SMILES string of the molecule is [2H]CC(O)C(O)C1OC(OCC(C)C)(C(=O)O)CC(O)C1NC. The molecular formula is C14H27NO7. The molecular weight excluding hydrogens is 294 g/mol. The molecule has 0 bridgehead atoms. The van der Waals surface area contributed by atoms with E-state index < -0.39 is 49.1 Å². The van der Waals surface area contributed by atoms with Crippen LogP contribution in [0.4, 0.5) is 0 Å². The Kier molecular flexibility index (Phi) is 6.13. The molecule has 0 amide bonds. The van der Waals surface area contributed by atoms with Gasteiger partial charge < -0.3 is 35.2 Å². The first kappa shape index (κ1) is 17.6. The third-order valence-electron chi connectivity index (χ3n) is 3.61. The highest BCUT2D eigenvalue weighted by atomic mass is 16.7. The summed E-state index contributed by atoms with van der Waals surface area (Å²) in [5.41, 5.74) is 0. The van der Waals surface area contributed by atoms with Crippen molar-refractivity contribution in [2.45, 2.75) is 63.4 Å². The predicted molar refractivity (Wildman–Crippen MR) is 77.2 cm³/mol. The van der Waals surface area contributed by atoms with Gasteiger partial charge in [0.15, 0.2) is 0 Å². The monoisotopic (exact) mass is 322 g/mol. The second-order valence-corrected chi connectivity index (χ2v) is 5.99. The molecule has 6 unspecified atom stereocenters. The van der Waals surface area contributed by atoms with Crippen LogP contribution < -0.4 is 5.32 Å². The lowest BCUT2D eigenvalue weighted by Gasteiger charge is -2.46. The average Bonchev–Trinajstić information content (AvgIpc) is 2.50.